The number of ether oxygens (including phenoxy) is 1. The molecule has 0 aliphatic heterocycles. The van der Waals surface area contributed by atoms with E-state index in [9.17, 15) is 4.79 Å². The molecule has 0 heterocycles. The second kappa shape index (κ2) is 4.82. The van der Waals surface area contributed by atoms with Gasteiger partial charge in [-0.05, 0) is 44.0 Å². The zero-order chi connectivity index (χ0) is 11.4. The Morgan fingerprint density at radius 3 is 2.27 bits per heavy atom. The van der Waals surface area contributed by atoms with Crippen LogP contribution in [0.3, 0.4) is 0 Å². The summed E-state index contributed by atoms with van der Waals surface area (Å²) in [6.45, 7) is 5.84. The van der Waals surface area contributed by atoms with E-state index in [4.69, 9.17) is 0 Å². The normalized spacial score (nSPS) is 12.0. The molecule has 15 heavy (non-hydrogen) atoms. The lowest BCUT2D eigenvalue weighted by molar-refractivity contribution is -0.141. The topological polar surface area (TPSA) is 38.3 Å². The summed E-state index contributed by atoms with van der Waals surface area (Å²) < 4.78 is 4.64. The van der Waals surface area contributed by atoms with Crippen LogP contribution in [0.4, 0.5) is 5.69 Å². The van der Waals surface area contributed by atoms with Crippen molar-refractivity contribution in [2.45, 2.75) is 26.8 Å². The van der Waals surface area contributed by atoms with Gasteiger partial charge in [0.2, 0.25) is 0 Å². The van der Waals surface area contributed by atoms with Crippen molar-refractivity contribution in [2.24, 2.45) is 0 Å². The smallest absolute Gasteiger partial charge is 0.327 e. The Labute approximate surface area is 90.4 Å². The lowest BCUT2D eigenvalue weighted by Gasteiger charge is -2.13. The molecule has 82 valence electrons. The number of carbonyl (C=O) groups excluding carboxylic acids is 1. The predicted molar refractivity (Wildman–Crippen MR) is 61.0 cm³/mol. The summed E-state index contributed by atoms with van der Waals surface area (Å²) in [7, 11) is 1.39. The first-order valence-corrected chi connectivity index (χ1v) is 4.95. The number of hydrogen-bond acceptors (Lipinski definition) is 3. The molecule has 1 aromatic carbocycles. The molecule has 0 saturated heterocycles. The summed E-state index contributed by atoms with van der Waals surface area (Å²) in [4.78, 5) is 11.2. The number of esters is 1. The van der Waals surface area contributed by atoms with Crippen LogP contribution in [-0.2, 0) is 9.53 Å². The fourth-order valence-electron chi connectivity index (χ4n) is 1.54. The van der Waals surface area contributed by atoms with Gasteiger partial charge >= 0.3 is 5.97 Å². The van der Waals surface area contributed by atoms with Crippen molar-refractivity contribution in [3.63, 3.8) is 0 Å². The van der Waals surface area contributed by atoms with E-state index in [-0.39, 0.29) is 12.0 Å². The number of hydrogen-bond donors (Lipinski definition) is 1. The van der Waals surface area contributed by atoms with Gasteiger partial charge in [0.05, 0.1) is 7.11 Å². The largest absolute Gasteiger partial charge is 0.467 e. The first-order valence-electron chi connectivity index (χ1n) is 4.95. The number of benzene rings is 1. The van der Waals surface area contributed by atoms with Crippen molar-refractivity contribution in [1.29, 1.82) is 0 Å². The van der Waals surface area contributed by atoms with Gasteiger partial charge in [-0.15, -0.1) is 0 Å². The van der Waals surface area contributed by atoms with Gasteiger partial charge in [-0.1, -0.05) is 6.07 Å². The molecule has 1 unspecified atom stereocenters. The molecule has 0 radical (unpaired) electrons. The van der Waals surface area contributed by atoms with Gasteiger partial charge in [0.1, 0.15) is 6.04 Å². The summed E-state index contributed by atoms with van der Waals surface area (Å²) in [6.07, 6.45) is 0. The Morgan fingerprint density at radius 1 is 1.27 bits per heavy atom. The maximum atomic E-state index is 11.2. The van der Waals surface area contributed by atoms with Crippen LogP contribution in [0.1, 0.15) is 18.1 Å². The van der Waals surface area contributed by atoms with Crippen LogP contribution < -0.4 is 5.32 Å². The molecule has 0 amide bonds. The van der Waals surface area contributed by atoms with E-state index in [0.29, 0.717) is 0 Å². The molecule has 0 bridgehead atoms. The van der Waals surface area contributed by atoms with Gasteiger partial charge in [-0.25, -0.2) is 4.79 Å². The molecule has 3 heteroatoms. The molecule has 1 atom stereocenters. The van der Waals surface area contributed by atoms with Gasteiger partial charge in [-0.3, -0.25) is 0 Å². The van der Waals surface area contributed by atoms with Crippen molar-refractivity contribution in [1.82, 2.24) is 0 Å². The van der Waals surface area contributed by atoms with Crippen LogP contribution in [0.25, 0.3) is 0 Å². The van der Waals surface area contributed by atoms with E-state index < -0.39 is 0 Å². The van der Waals surface area contributed by atoms with Gasteiger partial charge in [0, 0.05) is 5.69 Å². The van der Waals surface area contributed by atoms with Crippen LogP contribution in [0.2, 0.25) is 0 Å². The minimum atomic E-state index is -0.323. The highest BCUT2D eigenvalue weighted by molar-refractivity contribution is 5.78. The molecule has 0 saturated carbocycles. The van der Waals surface area contributed by atoms with E-state index in [0.717, 1.165) is 5.69 Å². The fourth-order valence-corrected chi connectivity index (χ4v) is 1.54. The molecule has 0 spiro atoms. The monoisotopic (exact) mass is 207 g/mol. The Morgan fingerprint density at radius 2 is 1.80 bits per heavy atom. The van der Waals surface area contributed by atoms with Gasteiger partial charge in [-0.2, -0.15) is 0 Å². The molecule has 1 rings (SSSR count). The van der Waals surface area contributed by atoms with Gasteiger partial charge < -0.3 is 10.1 Å². The lowest BCUT2D eigenvalue weighted by Crippen LogP contribution is -2.27. The van der Waals surface area contributed by atoms with Crippen molar-refractivity contribution in [2.75, 3.05) is 12.4 Å². The number of anilines is 1. The van der Waals surface area contributed by atoms with Crippen molar-refractivity contribution < 1.29 is 9.53 Å². The van der Waals surface area contributed by atoms with E-state index in [1.165, 1.54) is 18.2 Å². The zero-order valence-electron chi connectivity index (χ0n) is 9.63. The third kappa shape index (κ3) is 3.27. The summed E-state index contributed by atoms with van der Waals surface area (Å²) in [5.74, 6) is -0.255. The van der Waals surface area contributed by atoms with Crippen molar-refractivity contribution in [3.8, 4) is 0 Å². The molecule has 1 N–H and O–H groups in total. The number of carbonyl (C=O) groups is 1. The van der Waals surface area contributed by atoms with Crippen molar-refractivity contribution in [3.05, 3.63) is 29.3 Å². The Balaban J connectivity index is 2.76. The third-order valence-corrected chi connectivity index (χ3v) is 2.16. The molecule has 0 aliphatic rings. The second-order valence-electron chi connectivity index (χ2n) is 3.77. The summed E-state index contributed by atoms with van der Waals surface area (Å²) in [6, 6.07) is 5.78. The SMILES string of the molecule is COC(=O)C(C)Nc1cc(C)cc(C)c1. The molecular weight excluding hydrogens is 190 g/mol. The summed E-state index contributed by atoms with van der Waals surface area (Å²) in [5.41, 5.74) is 3.30. The average molecular weight is 207 g/mol. The van der Waals surface area contributed by atoms with Crippen LogP contribution in [0, 0.1) is 13.8 Å². The number of methoxy groups -OCH3 is 1. The Hall–Kier alpha value is -1.51. The van der Waals surface area contributed by atoms with Crippen molar-refractivity contribution >= 4 is 11.7 Å². The third-order valence-electron chi connectivity index (χ3n) is 2.16. The summed E-state index contributed by atoms with van der Waals surface area (Å²) in [5, 5.41) is 3.10. The minimum Gasteiger partial charge on any atom is -0.467 e. The molecule has 0 aromatic heterocycles. The van der Waals surface area contributed by atoms with E-state index in [2.05, 4.69) is 16.1 Å². The maximum Gasteiger partial charge on any atom is 0.327 e. The number of aryl methyl sites for hydroxylation is 2. The summed E-state index contributed by atoms with van der Waals surface area (Å²) >= 11 is 0. The Kier molecular flexibility index (Phi) is 3.72. The van der Waals surface area contributed by atoms with Gasteiger partial charge in [0.15, 0.2) is 0 Å². The molecule has 3 nitrogen and oxygen atoms in total. The van der Waals surface area contributed by atoms with E-state index >= 15 is 0 Å². The molecule has 0 fully saturated rings. The standard InChI is InChI=1S/C12H17NO2/c1-8-5-9(2)7-11(6-8)13-10(3)12(14)15-4/h5-7,10,13H,1-4H3. The Bertz CT molecular complexity index is 340. The highest BCUT2D eigenvalue weighted by Crippen LogP contribution is 2.14. The fraction of sp³-hybridized carbons (Fsp3) is 0.417. The predicted octanol–water partition coefficient (Wildman–Crippen LogP) is 2.28. The minimum absolute atomic E-state index is 0.255. The first-order chi connectivity index (χ1) is 7.02. The average Bonchev–Trinajstić information content (AvgIpc) is 2.14. The number of nitrogens with one attached hydrogen (secondary N) is 1. The molecule has 0 aliphatic carbocycles. The van der Waals surface area contributed by atoms with Gasteiger partial charge in [0.25, 0.3) is 0 Å². The van der Waals surface area contributed by atoms with Crippen LogP contribution in [-0.4, -0.2) is 19.1 Å². The highest BCUT2D eigenvalue weighted by Gasteiger charge is 2.12. The lowest BCUT2D eigenvalue weighted by atomic mass is 10.1. The highest BCUT2D eigenvalue weighted by atomic mass is 16.5. The molecule has 1 aromatic rings. The van der Waals surface area contributed by atoms with Crippen LogP contribution in [0.5, 0.6) is 0 Å². The van der Waals surface area contributed by atoms with Crippen LogP contribution >= 0.6 is 0 Å². The molecular formula is C12H17NO2. The second-order valence-corrected chi connectivity index (χ2v) is 3.77. The maximum absolute atomic E-state index is 11.2. The zero-order valence-corrected chi connectivity index (χ0v) is 9.63. The first kappa shape index (κ1) is 11.6. The van der Waals surface area contributed by atoms with E-state index in [1.54, 1.807) is 6.92 Å². The van der Waals surface area contributed by atoms with Crippen LogP contribution in [0.15, 0.2) is 18.2 Å². The number of rotatable bonds is 3. The quantitative estimate of drug-likeness (QED) is 0.773. The van der Waals surface area contributed by atoms with E-state index in [1.807, 2.05) is 26.0 Å².